The monoisotopic (exact) mass is 470 g/mol. The number of nitrogens with zero attached hydrogens (tertiary/aromatic N) is 3. The highest BCUT2D eigenvalue weighted by atomic mass is 79.9. The highest BCUT2D eigenvalue weighted by molar-refractivity contribution is 9.10. The van der Waals surface area contributed by atoms with Crippen molar-refractivity contribution < 1.29 is 9.53 Å². The van der Waals surface area contributed by atoms with Gasteiger partial charge in [-0.2, -0.15) is 0 Å². The maximum atomic E-state index is 12.4. The van der Waals surface area contributed by atoms with Crippen molar-refractivity contribution in [3.63, 3.8) is 0 Å². The predicted octanol–water partition coefficient (Wildman–Crippen LogP) is 5.27. The summed E-state index contributed by atoms with van der Waals surface area (Å²) in [7, 11) is 0. The van der Waals surface area contributed by atoms with E-state index in [1.807, 2.05) is 39.0 Å². The molecule has 1 amide bonds. The van der Waals surface area contributed by atoms with Crippen LogP contribution in [-0.4, -0.2) is 45.3 Å². The first-order valence-electron chi connectivity index (χ1n) is 10.2. The zero-order valence-electron chi connectivity index (χ0n) is 17.6. The van der Waals surface area contributed by atoms with E-state index >= 15 is 0 Å². The molecule has 0 aliphatic carbocycles. The number of amides is 1. The Bertz CT molecular complexity index is 1040. The van der Waals surface area contributed by atoms with Crippen LogP contribution in [0, 0.1) is 0 Å². The molecule has 6 nitrogen and oxygen atoms in total. The van der Waals surface area contributed by atoms with Crippen LogP contribution >= 0.6 is 15.9 Å². The van der Waals surface area contributed by atoms with E-state index < -0.39 is 5.60 Å². The first-order chi connectivity index (χ1) is 14.3. The van der Waals surface area contributed by atoms with E-state index in [0.717, 1.165) is 34.4 Å². The summed E-state index contributed by atoms with van der Waals surface area (Å²) in [5.74, 6) is 0.829. The summed E-state index contributed by atoms with van der Waals surface area (Å²) >= 11 is 3.50. The van der Waals surface area contributed by atoms with E-state index in [-0.39, 0.29) is 12.1 Å². The lowest BCUT2D eigenvalue weighted by atomic mass is 10.2. The van der Waals surface area contributed by atoms with Gasteiger partial charge in [0.25, 0.3) is 0 Å². The molecule has 0 bridgehead atoms. The normalized spacial score (nSPS) is 16.8. The Kier molecular flexibility index (Phi) is 5.73. The lowest BCUT2D eigenvalue weighted by Gasteiger charge is -2.24. The number of benzene rings is 2. The van der Waals surface area contributed by atoms with Crippen LogP contribution in [-0.2, 0) is 11.3 Å². The van der Waals surface area contributed by atoms with Crippen molar-refractivity contribution in [3.05, 3.63) is 58.6 Å². The molecule has 3 aromatic rings. The average Bonchev–Trinajstić information content (AvgIpc) is 3.28. The lowest BCUT2D eigenvalue weighted by Crippen LogP contribution is -2.36. The number of likely N-dealkylation sites (tertiary alicyclic amines) is 1. The highest BCUT2D eigenvalue weighted by Gasteiger charge is 2.30. The zero-order valence-corrected chi connectivity index (χ0v) is 19.1. The summed E-state index contributed by atoms with van der Waals surface area (Å²) in [5.41, 5.74) is 2.76. The molecule has 2 heterocycles. The quantitative estimate of drug-likeness (QED) is 0.564. The van der Waals surface area contributed by atoms with Crippen LogP contribution in [0.5, 0.6) is 0 Å². The van der Waals surface area contributed by atoms with Crippen molar-refractivity contribution in [2.75, 3.05) is 18.4 Å². The number of fused-ring (bicyclic) bond motifs is 1. The Morgan fingerprint density at radius 1 is 1.20 bits per heavy atom. The number of aromatic nitrogens is 2. The van der Waals surface area contributed by atoms with E-state index in [4.69, 9.17) is 9.72 Å². The third-order valence-corrected chi connectivity index (χ3v) is 5.61. The van der Waals surface area contributed by atoms with E-state index in [1.54, 1.807) is 4.90 Å². The molecule has 0 radical (unpaired) electrons. The fraction of sp³-hybridized carbons (Fsp3) is 0.391. The first-order valence-corrected chi connectivity index (χ1v) is 11.0. The van der Waals surface area contributed by atoms with Gasteiger partial charge in [0.2, 0.25) is 5.95 Å². The van der Waals surface area contributed by atoms with Gasteiger partial charge in [-0.25, -0.2) is 9.78 Å². The predicted molar refractivity (Wildman–Crippen MR) is 123 cm³/mol. The summed E-state index contributed by atoms with van der Waals surface area (Å²) in [6.45, 7) is 7.68. The van der Waals surface area contributed by atoms with Gasteiger partial charge in [-0.05, 0) is 57.0 Å². The molecule has 4 rings (SSSR count). The van der Waals surface area contributed by atoms with Gasteiger partial charge in [-0.15, -0.1) is 0 Å². The molecule has 1 fully saturated rings. The smallest absolute Gasteiger partial charge is 0.410 e. The van der Waals surface area contributed by atoms with Gasteiger partial charge in [-0.3, -0.25) is 0 Å². The molecule has 158 valence electrons. The molecule has 7 heteroatoms. The Hall–Kier alpha value is -2.54. The second kappa shape index (κ2) is 8.30. The molecule has 1 aliphatic rings. The Morgan fingerprint density at radius 2 is 1.93 bits per heavy atom. The van der Waals surface area contributed by atoms with E-state index in [0.29, 0.717) is 13.1 Å². The van der Waals surface area contributed by atoms with Crippen molar-refractivity contribution in [2.45, 2.75) is 45.4 Å². The van der Waals surface area contributed by atoms with E-state index in [9.17, 15) is 4.79 Å². The van der Waals surface area contributed by atoms with Crippen LogP contribution in [0.1, 0.15) is 32.8 Å². The molecular weight excluding hydrogens is 444 g/mol. The number of hydrogen-bond acceptors (Lipinski definition) is 4. The number of carbonyl (C=O) groups excluding carboxylic acids is 1. The van der Waals surface area contributed by atoms with Crippen LogP contribution < -0.4 is 5.32 Å². The number of nitrogens with one attached hydrogen (secondary N) is 1. The minimum absolute atomic E-state index is 0.137. The van der Waals surface area contributed by atoms with Crippen LogP contribution in [0.2, 0.25) is 0 Å². The molecular formula is C23H27BrN4O2. The zero-order chi connectivity index (χ0) is 21.3. The van der Waals surface area contributed by atoms with Crippen LogP contribution in [0.3, 0.4) is 0 Å². The molecule has 0 spiro atoms. The van der Waals surface area contributed by atoms with Crippen LogP contribution in [0.25, 0.3) is 11.0 Å². The molecule has 1 aromatic heterocycles. The topological polar surface area (TPSA) is 59.4 Å². The molecule has 1 saturated heterocycles. The second-order valence-electron chi connectivity index (χ2n) is 8.69. The van der Waals surface area contributed by atoms with Crippen molar-refractivity contribution >= 4 is 39.0 Å². The SMILES string of the molecule is CC(C)(C)OC(=O)N1CC[C@@H](Nc2nc3ccccc3n2Cc2ccc(Br)cc2)C1. The maximum absolute atomic E-state index is 12.4. The Labute approximate surface area is 185 Å². The second-order valence-corrected chi connectivity index (χ2v) is 9.61. The summed E-state index contributed by atoms with van der Waals surface area (Å²) in [5, 5.41) is 3.57. The third kappa shape index (κ3) is 4.78. The standard InChI is InChI=1S/C23H27BrN4O2/c1-23(2,3)30-22(29)27-13-12-18(15-27)25-21-26-19-6-4-5-7-20(19)28(21)14-16-8-10-17(24)11-9-16/h4-11,18H,12-15H2,1-3H3,(H,25,26)/t18-/m1/s1. The van der Waals surface area contributed by atoms with Crippen molar-refractivity contribution in [2.24, 2.45) is 0 Å². The summed E-state index contributed by atoms with van der Waals surface area (Å²) in [6.07, 6.45) is 0.607. The Morgan fingerprint density at radius 3 is 2.67 bits per heavy atom. The molecule has 0 unspecified atom stereocenters. The summed E-state index contributed by atoms with van der Waals surface area (Å²) < 4.78 is 8.78. The molecule has 2 aromatic carbocycles. The molecule has 1 aliphatic heterocycles. The van der Waals surface area contributed by atoms with E-state index in [1.165, 1.54) is 5.56 Å². The number of halogens is 1. The largest absolute Gasteiger partial charge is 0.444 e. The first kappa shape index (κ1) is 20.7. The van der Waals surface area contributed by atoms with Gasteiger partial charge >= 0.3 is 6.09 Å². The number of ether oxygens (including phenoxy) is 1. The van der Waals surface area contributed by atoms with E-state index in [2.05, 4.69) is 56.1 Å². The summed E-state index contributed by atoms with van der Waals surface area (Å²) in [4.78, 5) is 19.0. The highest BCUT2D eigenvalue weighted by Crippen LogP contribution is 2.24. The van der Waals surface area contributed by atoms with Gasteiger partial charge in [0.1, 0.15) is 5.60 Å². The molecule has 1 atom stereocenters. The minimum atomic E-state index is -0.485. The van der Waals surface area contributed by atoms with Crippen molar-refractivity contribution in [3.8, 4) is 0 Å². The number of hydrogen-bond donors (Lipinski definition) is 1. The molecule has 30 heavy (non-hydrogen) atoms. The van der Waals surface area contributed by atoms with Gasteiger partial charge in [0, 0.05) is 23.6 Å². The molecule has 1 N–H and O–H groups in total. The summed E-state index contributed by atoms with van der Waals surface area (Å²) in [6, 6.07) is 16.6. The van der Waals surface area contributed by atoms with Gasteiger partial charge in [-0.1, -0.05) is 40.2 Å². The van der Waals surface area contributed by atoms with Gasteiger partial charge < -0.3 is 19.5 Å². The lowest BCUT2D eigenvalue weighted by molar-refractivity contribution is 0.0293. The van der Waals surface area contributed by atoms with Crippen LogP contribution in [0.4, 0.5) is 10.7 Å². The fourth-order valence-electron chi connectivity index (χ4n) is 3.67. The van der Waals surface area contributed by atoms with Crippen molar-refractivity contribution in [1.82, 2.24) is 14.5 Å². The number of carbonyl (C=O) groups is 1. The Balaban J connectivity index is 1.53. The maximum Gasteiger partial charge on any atom is 0.410 e. The number of imidazole rings is 1. The van der Waals surface area contributed by atoms with Crippen molar-refractivity contribution in [1.29, 1.82) is 0 Å². The van der Waals surface area contributed by atoms with Crippen LogP contribution in [0.15, 0.2) is 53.0 Å². The number of anilines is 1. The minimum Gasteiger partial charge on any atom is -0.444 e. The molecule has 0 saturated carbocycles. The number of para-hydroxylation sites is 2. The fourth-order valence-corrected chi connectivity index (χ4v) is 3.94. The van der Waals surface area contributed by atoms with Gasteiger partial charge in [0.05, 0.1) is 17.6 Å². The number of rotatable bonds is 4. The third-order valence-electron chi connectivity index (χ3n) is 5.08. The average molecular weight is 471 g/mol. The van der Waals surface area contributed by atoms with Gasteiger partial charge in [0.15, 0.2) is 0 Å².